The SMILES string of the molecule is Cc1cc(C)c(NC2CCCc3ccc(O)cc32)c(Br)c1. The molecule has 21 heavy (non-hydrogen) atoms. The lowest BCUT2D eigenvalue weighted by molar-refractivity contribution is 0.471. The van der Waals surface area contributed by atoms with Crippen molar-refractivity contribution < 1.29 is 5.11 Å². The quantitative estimate of drug-likeness (QED) is 0.777. The molecule has 0 saturated carbocycles. The van der Waals surface area contributed by atoms with Crippen LogP contribution >= 0.6 is 15.9 Å². The molecule has 1 atom stereocenters. The van der Waals surface area contributed by atoms with Gasteiger partial charge in [-0.05, 0) is 89.5 Å². The summed E-state index contributed by atoms with van der Waals surface area (Å²) in [6.07, 6.45) is 3.37. The van der Waals surface area contributed by atoms with Crippen molar-refractivity contribution in [3.8, 4) is 5.75 Å². The van der Waals surface area contributed by atoms with E-state index >= 15 is 0 Å². The van der Waals surface area contributed by atoms with E-state index in [0.717, 1.165) is 23.0 Å². The van der Waals surface area contributed by atoms with E-state index < -0.39 is 0 Å². The van der Waals surface area contributed by atoms with Crippen LogP contribution in [-0.4, -0.2) is 5.11 Å². The van der Waals surface area contributed by atoms with Crippen LogP contribution in [0, 0.1) is 13.8 Å². The predicted molar refractivity (Wildman–Crippen MR) is 91.0 cm³/mol. The Morgan fingerprint density at radius 3 is 2.76 bits per heavy atom. The number of rotatable bonds is 2. The monoisotopic (exact) mass is 345 g/mol. The number of aromatic hydroxyl groups is 1. The molecule has 2 N–H and O–H groups in total. The van der Waals surface area contributed by atoms with Crippen LogP contribution in [-0.2, 0) is 6.42 Å². The average Bonchev–Trinajstić information content (AvgIpc) is 2.43. The number of hydrogen-bond donors (Lipinski definition) is 2. The average molecular weight is 346 g/mol. The van der Waals surface area contributed by atoms with Gasteiger partial charge in [0.15, 0.2) is 0 Å². The van der Waals surface area contributed by atoms with Gasteiger partial charge in [-0.1, -0.05) is 12.1 Å². The Balaban J connectivity index is 1.96. The molecule has 1 unspecified atom stereocenters. The summed E-state index contributed by atoms with van der Waals surface area (Å²) in [6, 6.07) is 10.3. The van der Waals surface area contributed by atoms with Crippen LogP contribution in [0.1, 0.15) is 41.1 Å². The fourth-order valence-electron chi connectivity index (χ4n) is 3.21. The van der Waals surface area contributed by atoms with Gasteiger partial charge in [-0.2, -0.15) is 0 Å². The third-order valence-electron chi connectivity index (χ3n) is 4.19. The van der Waals surface area contributed by atoms with E-state index in [0.29, 0.717) is 5.75 Å². The molecule has 0 bridgehead atoms. The van der Waals surface area contributed by atoms with E-state index in [4.69, 9.17) is 0 Å². The molecule has 0 heterocycles. The predicted octanol–water partition coefficient (Wildman–Crippen LogP) is 5.26. The highest BCUT2D eigenvalue weighted by atomic mass is 79.9. The van der Waals surface area contributed by atoms with Gasteiger partial charge < -0.3 is 10.4 Å². The Morgan fingerprint density at radius 1 is 1.19 bits per heavy atom. The summed E-state index contributed by atoms with van der Waals surface area (Å²) in [5.74, 6) is 0.349. The molecule has 0 radical (unpaired) electrons. The summed E-state index contributed by atoms with van der Waals surface area (Å²) < 4.78 is 1.10. The third kappa shape index (κ3) is 2.93. The Kier molecular flexibility index (Phi) is 3.94. The van der Waals surface area contributed by atoms with Crippen LogP contribution in [0.15, 0.2) is 34.8 Å². The Morgan fingerprint density at radius 2 is 2.00 bits per heavy atom. The van der Waals surface area contributed by atoms with E-state index in [-0.39, 0.29) is 6.04 Å². The topological polar surface area (TPSA) is 32.3 Å². The first-order valence-electron chi connectivity index (χ1n) is 7.39. The molecule has 110 valence electrons. The molecule has 0 saturated heterocycles. The van der Waals surface area contributed by atoms with Crippen molar-refractivity contribution in [1.29, 1.82) is 0 Å². The number of benzene rings is 2. The molecule has 3 rings (SSSR count). The van der Waals surface area contributed by atoms with E-state index in [1.54, 1.807) is 6.07 Å². The molecule has 0 amide bonds. The first-order valence-corrected chi connectivity index (χ1v) is 8.19. The van der Waals surface area contributed by atoms with Crippen LogP contribution in [0.4, 0.5) is 5.69 Å². The molecular formula is C18H20BrNO. The molecule has 2 aromatic rings. The second kappa shape index (κ2) is 5.72. The molecule has 0 fully saturated rings. The zero-order valence-electron chi connectivity index (χ0n) is 12.4. The van der Waals surface area contributed by atoms with Gasteiger partial charge in [0.1, 0.15) is 5.75 Å². The number of anilines is 1. The van der Waals surface area contributed by atoms with Crippen LogP contribution in [0.25, 0.3) is 0 Å². The molecule has 2 nitrogen and oxygen atoms in total. The number of phenols is 1. The number of fused-ring (bicyclic) bond motifs is 1. The lowest BCUT2D eigenvalue weighted by Crippen LogP contribution is -2.18. The van der Waals surface area contributed by atoms with Gasteiger partial charge in [0.05, 0.1) is 11.7 Å². The maximum absolute atomic E-state index is 9.78. The van der Waals surface area contributed by atoms with Crippen molar-refractivity contribution in [2.75, 3.05) is 5.32 Å². The van der Waals surface area contributed by atoms with Gasteiger partial charge in [-0.25, -0.2) is 0 Å². The van der Waals surface area contributed by atoms with E-state index in [9.17, 15) is 5.11 Å². The second-order valence-corrected chi connectivity index (χ2v) is 6.77. The zero-order chi connectivity index (χ0) is 15.0. The molecule has 1 aliphatic carbocycles. The van der Waals surface area contributed by atoms with Crippen molar-refractivity contribution in [1.82, 2.24) is 0 Å². The Hall–Kier alpha value is -1.48. The van der Waals surface area contributed by atoms with Crippen molar-refractivity contribution in [2.45, 2.75) is 39.2 Å². The molecule has 0 spiro atoms. The molecular weight excluding hydrogens is 326 g/mol. The Bertz CT molecular complexity index is 658. The van der Waals surface area contributed by atoms with Gasteiger partial charge in [0, 0.05) is 4.47 Å². The number of phenolic OH excluding ortho intramolecular Hbond substituents is 1. The van der Waals surface area contributed by atoms with Gasteiger partial charge in [-0.15, -0.1) is 0 Å². The highest BCUT2D eigenvalue weighted by Gasteiger charge is 2.21. The van der Waals surface area contributed by atoms with Crippen molar-refractivity contribution in [2.24, 2.45) is 0 Å². The smallest absolute Gasteiger partial charge is 0.115 e. The first kappa shape index (κ1) is 14.5. The van der Waals surface area contributed by atoms with Crippen LogP contribution < -0.4 is 5.32 Å². The number of nitrogens with one attached hydrogen (secondary N) is 1. The molecule has 0 aromatic heterocycles. The highest BCUT2D eigenvalue weighted by molar-refractivity contribution is 9.10. The van der Waals surface area contributed by atoms with Crippen LogP contribution in [0.3, 0.4) is 0 Å². The summed E-state index contributed by atoms with van der Waals surface area (Å²) >= 11 is 3.67. The summed E-state index contributed by atoms with van der Waals surface area (Å²) in [5.41, 5.74) is 6.23. The lowest BCUT2D eigenvalue weighted by Gasteiger charge is -2.28. The maximum Gasteiger partial charge on any atom is 0.115 e. The minimum absolute atomic E-state index is 0.263. The minimum Gasteiger partial charge on any atom is -0.508 e. The van der Waals surface area contributed by atoms with Crippen LogP contribution in [0.5, 0.6) is 5.75 Å². The van der Waals surface area contributed by atoms with Crippen molar-refractivity contribution in [3.63, 3.8) is 0 Å². The Labute approximate surface area is 134 Å². The van der Waals surface area contributed by atoms with Gasteiger partial charge in [-0.3, -0.25) is 0 Å². The fourth-order valence-corrected chi connectivity index (χ4v) is 4.00. The summed E-state index contributed by atoms with van der Waals surface area (Å²) in [6.45, 7) is 4.24. The van der Waals surface area contributed by atoms with E-state index in [2.05, 4.69) is 53.3 Å². The normalized spacial score (nSPS) is 17.4. The number of aryl methyl sites for hydroxylation is 3. The third-order valence-corrected chi connectivity index (χ3v) is 4.82. The van der Waals surface area contributed by atoms with Crippen molar-refractivity contribution >= 4 is 21.6 Å². The standard InChI is InChI=1S/C18H20BrNO/c1-11-8-12(2)18(16(19)9-11)20-17-5-3-4-13-6-7-14(21)10-15(13)17/h6-10,17,20-21H,3-5H2,1-2H3. The lowest BCUT2D eigenvalue weighted by atomic mass is 9.87. The summed E-state index contributed by atoms with van der Waals surface area (Å²) in [7, 11) is 0. The number of halogens is 1. The van der Waals surface area contributed by atoms with Gasteiger partial charge in [0.2, 0.25) is 0 Å². The minimum atomic E-state index is 0.263. The largest absolute Gasteiger partial charge is 0.508 e. The fraction of sp³-hybridized carbons (Fsp3) is 0.333. The number of hydrogen-bond acceptors (Lipinski definition) is 2. The van der Waals surface area contributed by atoms with Crippen molar-refractivity contribution in [3.05, 3.63) is 57.1 Å². The van der Waals surface area contributed by atoms with E-state index in [1.807, 2.05) is 6.07 Å². The zero-order valence-corrected chi connectivity index (χ0v) is 14.0. The first-order chi connectivity index (χ1) is 10.0. The summed E-state index contributed by atoms with van der Waals surface area (Å²) in [5, 5.41) is 13.5. The maximum atomic E-state index is 9.78. The summed E-state index contributed by atoms with van der Waals surface area (Å²) in [4.78, 5) is 0. The molecule has 0 aliphatic heterocycles. The van der Waals surface area contributed by atoms with Gasteiger partial charge in [0.25, 0.3) is 0 Å². The van der Waals surface area contributed by atoms with Gasteiger partial charge >= 0.3 is 0 Å². The second-order valence-electron chi connectivity index (χ2n) is 5.91. The van der Waals surface area contributed by atoms with E-state index in [1.165, 1.54) is 28.7 Å². The molecule has 1 aliphatic rings. The van der Waals surface area contributed by atoms with Crippen LogP contribution in [0.2, 0.25) is 0 Å². The molecule has 2 aromatic carbocycles. The molecule has 3 heteroatoms. The highest BCUT2D eigenvalue weighted by Crippen LogP contribution is 2.37.